The fourth-order valence-corrected chi connectivity index (χ4v) is 2.97. The van der Waals surface area contributed by atoms with Crippen LogP contribution < -0.4 is 10.1 Å². The molecule has 0 aliphatic carbocycles. The van der Waals surface area contributed by atoms with Crippen LogP contribution in [0.25, 0.3) is 0 Å². The molecule has 1 N–H and O–H groups in total. The van der Waals surface area contributed by atoms with Crippen molar-refractivity contribution in [2.24, 2.45) is 0 Å². The highest BCUT2D eigenvalue weighted by atomic mass is 35.5. The van der Waals surface area contributed by atoms with E-state index in [1.54, 1.807) is 23.1 Å². The second kappa shape index (κ2) is 10.6. The number of carbonyl (C=O) groups excluding carboxylic acids is 2. The third kappa shape index (κ3) is 6.67. The zero-order valence-corrected chi connectivity index (χ0v) is 16.5. The molecule has 0 unspecified atom stereocenters. The first-order valence-electron chi connectivity index (χ1n) is 8.84. The van der Waals surface area contributed by atoms with Crippen molar-refractivity contribution in [3.63, 3.8) is 0 Å². The molecule has 144 valence electrons. The van der Waals surface area contributed by atoms with Gasteiger partial charge in [-0.05, 0) is 18.6 Å². The minimum absolute atomic E-state index is 0.0390. The quantitative estimate of drug-likeness (QED) is 0.679. The monoisotopic (exact) mass is 401 g/mol. The van der Waals surface area contributed by atoms with Crippen LogP contribution in [0.2, 0.25) is 10.0 Å². The topological polar surface area (TPSA) is 61.9 Å². The summed E-state index contributed by atoms with van der Waals surface area (Å²) >= 11 is 11.9. The van der Waals surface area contributed by atoms with Crippen LogP contribution in [-0.4, -0.2) is 67.5 Å². The van der Waals surface area contributed by atoms with Crippen LogP contribution >= 0.6 is 23.2 Å². The van der Waals surface area contributed by atoms with Crippen LogP contribution in [0.5, 0.6) is 5.75 Å². The smallest absolute Gasteiger partial charge is 0.260 e. The molecule has 1 aliphatic heterocycles. The van der Waals surface area contributed by atoms with E-state index in [4.69, 9.17) is 27.9 Å². The number of hydrogen-bond donors (Lipinski definition) is 1. The molecule has 2 amide bonds. The molecule has 1 aromatic carbocycles. The molecule has 0 aromatic heterocycles. The van der Waals surface area contributed by atoms with Crippen molar-refractivity contribution in [1.29, 1.82) is 0 Å². The Balaban J connectivity index is 1.71. The van der Waals surface area contributed by atoms with Gasteiger partial charge in [-0.15, -0.1) is 0 Å². The van der Waals surface area contributed by atoms with Gasteiger partial charge in [0, 0.05) is 43.8 Å². The number of ether oxygens (including phenoxy) is 1. The highest BCUT2D eigenvalue weighted by Gasteiger charge is 2.22. The summed E-state index contributed by atoms with van der Waals surface area (Å²) in [5, 5.41) is 3.83. The zero-order chi connectivity index (χ0) is 18.9. The van der Waals surface area contributed by atoms with Gasteiger partial charge in [-0.2, -0.15) is 0 Å². The molecular formula is C18H25Cl2N3O3. The molecule has 0 atom stereocenters. The van der Waals surface area contributed by atoms with E-state index < -0.39 is 0 Å². The number of unbranched alkanes of at least 4 members (excludes halogenated alkanes) is 1. The van der Waals surface area contributed by atoms with Crippen LogP contribution in [-0.2, 0) is 9.59 Å². The van der Waals surface area contributed by atoms with Crippen molar-refractivity contribution in [3.05, 3.63) is 28.2 Å². The molecule has 0 saturated carbocycles. The molecule has 0 bridgehead atoms. The van der Waals surface area contributed by atoms with Crippen molar-refractivity contribution >= 4 is 35.0 Å². The average molecular weight is 402 g/mol. The number of nitrogens with zero attached hydrogens (tertiary/aromatic N) is 2. The van der Waals surface area contributed by atoms with E-state index in [9.17, 15) is 9.59 Å². The van der Waals surface area contributed by atoms with Crippen LogP contribution in [0.4, 0.5) is 0 Å². The van der Waals surface area contributed by atoms with Crippen molar-refractivity contribution in [1.82, 2.24) is 15.1 Å². The van der Waals surface area contributed by atoms with E-state index in [1.807, 2.05) is 0 Å². The Hall–Kier alpha value is -1.50. The number of benzene rings is 1. The maximum absolute atomic E-state index is 12.3. The van der Waals surface area contributed by atoms with Crippen molar-refractivity contribution < 1.29 is 14.3 Å². The highest BCUT2D eigenvalue weighted by molar-refractivity contribution is 6.34. The number of nitrogens with one attached hydrogen (secondary N) is 1. The van der Waals surface area contributed by atoms with E-state index in [0.717, 1.165) is 19.4 Å². The Kier molecular flexibility index (Phi) is 8.48. The number of rotatable bonds is 8. The lowest BCUT2D eigenvalue weighted by Crippen LogP contribution is -2.52. The number of amides is 2. The van der Waals surface area contributed by atoms with E-state index in [1.165, 1.54) is 0 Å². The first-order valence-corrected chi connectivity index (χ1v) is 9.60. The third-order valence-electron chi connectivity index (χ3n) is 4.19. The summed E-state index contributed by atoms with van der Waals surface area (Å²) in [6, 6.07) is 4.89. The van der Waals surface area contributed by atoms with Gasteiger partial charge >= 0.3 is 0 Å². The number of carbonyl (C=O) groups is 2. The summed E-state index contributed by atoms with van der Waals surface area (Å²) in [6.07, 6.45) is 2.05. The van der Waals surface area contributed by atoms with E-state index in [2.05, 4.69) is 17.1 Å². The van der Waals surface area contributed by atoms with E-state index in [-0.39, 0.29) is 18.4 Å². The summed E-state index contributed by atoms with van der Waals surface area (Å²) in [4.78, 5) is 27.9. The van der Waals surface area contributed by atoms with Gasteiger partial charge < -0.3 is 15.0 Å². The summed E-state index contributed by atoms with van der Waals surface area (Å²) in [7, 11) is 0. The van der Waals surface area contributed by atoms with Crippen LogP contribution in [0.1, 0.15) is 19.8 Å². The summed E-state index contributed by atoms with van der Waals surface area (Å²) in [5.74, 6) is 0.333. The Morgan fingerprint density at radius 2 is 1.92 bits per heavy atom. The van der Waals surface area contributed by atoms with E-state index >= 15 is 0 Å². The largest absolute Gasteiger partial charge is 0.482 e. The predicted octanol–water partition coefficient (Wildman–Crippen LogP) is 2.43. The number of hydrogen-bond acceptors (Lipinski definition) is 4. The van der Waals surface area contributed by atoms with Crippen molar-refractivity contribution in [2.75, 3.05) is 45.9 Å². The summed E-state index contributed by atoms with van der Waals surface area (Å²) < 4.78 is 5.49. The molecule has 26 heavy (non-hydrogen) atoms. The SMILES string of the molecule is CCCCNC(=O)CN1CCN(C(=O)COc2cc(Cl)ccc2Cl)CC1. The Bertz CT molecular complexity index is 620. The first kappa shape index (κ1) is 20.8. The standard InChI is InChI=1S/C18H25Cl2N3O3/c1-2-3-6-21-17(24)12-22-7-9-23(10-8-22)18(25)13-26-16-11-14(19)4-5-15(16)20/h4-5,11H,2-3,6-10,12-13H2,1H3,(H,21,24). The zero-order valence-electron chi connectivity index (χ0n) is 15.0. The maximum Gasteiger partial charge on any atom is 0.260 e. The molecule has 1 saturated heterocycles. The third-order valence-corrected chi connectivity index (χ3v) is 4.74. The van der Waals surface area contributed by atoms with E-state index in [0.29, 0.717) is 48.5 Å². The van der Waals surface area contributed by atoms with Crippen molar-refractivity contribution in [2.45, 2.75) is 19.8 Å². The number of piperazine rings is 1. The lowest BCUT2D eigenvalue weighted by molar-refractivity contribution is -0.135. The minimum atomic E-state index is -0.104. The van der Waals surface area contributed by atoms with Gasteiger partial charge in [0.15, 0.2) is 6.61 Å². The molecule has 1 heterocycles. The predicted molar refractivity (Wildman–Crippen MR) is 103 cm³/mol. The highest BCUT2D eigenvalue weighted by Crippen LogP contribution is 2.27. The van der Waals surface area contributed by atoms with Crippen LogP contribution in [0, 0.1) is 0 Å². The normalized spacial score (nSPS) is 15.0. The molecule has 1 fully saturated rings. The maximum atomic E-state index is 12.3. The molecule has 6 nitrogen and oxygen atoms in total. The number of halogens is 2. The second-order valence-corrected chi connectivity index (χ2v) is 7.07. The molecule has 8 heteroatoms. The van der Waals surface area contributed by atoms with Gasteiger partial charge in [-0.25, -0.2) is 0 Å². The molecule has 1 aromatic rings. The fraction of sp³-hybridized carbons (Fsp3) is 0.556. The van der Waals surface area contributed by atoms with Gasteiger partial charge in [0.25, 0.3) is 5.91 Å². The first-order chi connectivity index (χ1) is 12.5. The summed E-state index contributed by atoms with van der Waals surface area (Å²) in [5.41, 5.74) is 0. The van der Waals surface area contributed by atoms with Crippen molar-refractivity contribution in [3.8, 4) is 5.75 Å². The van der Waals surface area contributed by atoms with Gasteiger partial charge in [-0.1, -0.05) is 36.5 Å². The Morgan fingerprint density at radius 1 is 1.19 bits per heavy atom. The molecular weight excluding hydrogens is 377 g/mol. The van der Waals surface area contributed by atoms with Gasteiger partial charge in [0.2, 0.25) is 5.91 Å². The van der Waals surface area contributed by atoms with Crippen LogP contribution in [0.3, 0.4) is 0 Å². The average Bonchev–Trinajstić information content (AvgIpc) is 2.63. The molecule has 1 aliphatic rings. The molecule has 0 spiro atoms. The lowest BCUT2D eigenvalue weighted by Gasteiger charge is -2.34. The Labute approximate surface area is 164 Å². The van der Waals surface area contributed by atoms with Gasteiger partial charge in [0.1, 0.15) is 5.75 Å². The fourth-order valence-electron chi connectivity index (χ4n) is 2.64. The summed E-state index contributed by atoms with van der Waals surface area (Å²) in [6.45, 7) is 5.60. The van der Waals surface area contributed by atoms with Gasteiger partial charge in [-0.3, -0.25) is 14.5 Å². The molecule has 2 rings (SSSR count). The van der Waals surface area contributed by atoms with Crippen LogP contribution in [0.15, 0.2) is 18.2 Å². The second-order valence-electron chi connectivity index (χ2n) is 6.22. The minimum Gasteiger partial charge on any atom is -0.482 e. The Morgan fingerprint density at radius 3 is 2.62 bits per heavy atom. The lowest BCUT2D eigenvalue weighted by atomic mass is 10.3. The molecule has 0 radical (unpaired) electrons. The van der Waals surface area contributed by atoms with Gasteiger partial charge in [0.05, 0.1) is 11.6 Å².